The van der Waals surface area contributed by atoms with Crippen molar-refractivity contribution < 1.29 is 39.1 Å². The van der Waals surface area contributed by atoms with Crippen LogP contribution in [-0.2, 0) is 23.8 Å². The first-order valence-electron chi connectivity index (χ1n) is 14.7. The van der Waals surface area contributed by atoms with Gasteiger partial charge < -0.3 is 29.5 Å². The van der Waals surface area contributed by atoms with Crippen LogP contribution in [-0.4, -0.2) is 81.5 Å². The van der Waals surface area contributed by atoms with Crippen LogP contribution in [0.4, 0.5) is 0 Å². The van der Waals surface area contributed by atoms with Crippen LogP contribution in [0.3, 0.4) is 0 Å². The molecule has 0 spiro atoms. The van der Waals surface area contributed by atoms with Crippen molar-refractivity contribution in [2.45, 2.75) is 95.9 Å². The fourth-order valence-corrected chi connectivity index (χ4v) is 9.74. The van der Waals surface area contributed by atoms with Gasteiger partial charge in [0, 0.05) is 35.0 Å². The van der Waals surface area contributed by atoms with E-state index >= 15 is 0 Å². The predicted octanol–water partition coefficient (Wildman–Crippen LogP) is 4.01. The van der Waals surface area contributed by atoms with Crippen molar-refractivity contribution >= 4 is 34.9 Å². The fourth-order valence-electron chi connectivity index (χ4n) is 8.60. The van der Waals surface area contributed by atoms with Gasteiger partial charge in [-0.1, -0.05) is 33.8 Å². The number of thioether (sulfide) groups is 1. The molecular formula is C32H44O8S2. The normalized spacial score (nSPS) is 42.4. The van der Waals surface area contributed by atoms with E-state index in [9.17, 15) is 24.9 Å². The van der Waals surface area contributed by atoms with Crippen molar-refractivity contribution in [3.63, 3.8) is 0 Å². The molecule has 10 heteroatoms. The van der Waals surface area contributed by atoms with E-state index in [0.29, 0.717) is 23.5 Å². The van der Waals surface area contributed by atoms with E-state index in [4.69, 9.17) is 21.1 Å². The van der Waals surface area contributed by atoms with Crippen molar-refractivity contribution in [2.75, 3.05) is 18.8 Å². The van der Waals surface area contributed by atoms with Gasteiger partial charge in [-0.15, -0.1) is 23.1 Å². The molecule has 5 rings (SSSR count). The summed E-state index contributed by atoms with van der Waals surface area (Å²) < 4.78 is 18.1. The van der Waals surface area contributed by atoms with Crippen LogP contribution in [0.5, 0.6) is 0 Å². The number of esters is 1. The molecule has 4 aliphatic rings. The Morgan fingerprint density at radius 3 is 2.57 bits per heavy atom. The van der Waals surface area contributed by atoms with Crippen molar-refractivity contribution in [3.8, 4) is 0 Å². The third-order valence-electron chi connectivity index (χ3n) is 11.2. The molecule has 1 aromatic heterocycles. The van der Waals surface area contributed by atoms with Gasteiger partial charge in [0.15, 0.2) is 5.78 Å². The van der Waals surface area contributed by atoms with Crippen LogP contribution in [0, 0.1) is 35.5 Å². The second-order valence-electron chi connectivity index (χ2n) is 13.5. The lowest BCUT2D eigenvalue weighted by molar-refractivity contribution is -0.337. The van der Waals surface area contributed by atoms with Gasteiger partial charge in [-0.05, 0) is 55.5 Å². The van der Waals surface area contributed by atoms with Crippen LogP contribution in [0.15, 0.2) is 28.7 Å². The van der Waals surface area contributed by atoms with E-state index in [1.54, 1.807) is 20.8 Å². The molecular weight excluding hydrogens is 576 g/mol. The van der Waals surface area contributed by atoms with Crippen molar-refractivity contribution in [1.29, 1.82) is 0 Å². The number of thiophene rings is 1. The molecule has 1 aromatic rings. The number of aliphatic hydroxyl groups is 3. The minimum absolute atomic E-state index is 0.0235. The highest BCUT2D eigenvalue weighted by Gasteiger charge is 2.74. The summed E-state index contributed by atoms with van der Waals surface area (Å²) in [6, 6.07) is 3.75. The lowest BCUT2D eigenvalue weighted by Gasteiger charge is -2.67. The summed E-state index contributed by atoms with van der Waals surface area (Å²) in [7, 11) is 0. The highest BCUT2D eigenvalue weighted by atomic mass is 32.2. The minimum Gasteiger partial charge on any atom is -0.457 e. The molecule has 0 aromatic carbocycles. The molecule has 3 aliphatic carbocycles. The number of fused-ring (bicyclic) bond motifs is 5. The van der Waals surface area contributed by atoms with Gasteiger partial charge in [0.2, 0.25) is 0 Å². The molecule has 3 fully saturated rings. The van der Waals surface area contributed by atoms with E-state index in [2.05, 4.69) is 0 Å². The standard InChI is InChI=1S/C32H44O8S2/c1-16(21-10-9-11-42-21)17(2)28(35)40-20-13-32(37)19(4)26-30(7,27(34)25(33)24(18(20)3)29(32,5)6)22(39-15-41-8)12-23-31(26,36)14-38-23/h1,9-11,16-17,19-20,22-23,25-26,33,36-37H,12-15H2,2-8H3/t16-,17-,19?,20?,22?,23?,25?,26?,30-,31?,32?/m1/s1. The average molecular weight is 621 g/mol. The molecule has 8 unspecified atom stereocenters. The Morgan fingerprint density at radius 2 is 2.00 bits per heavy atom. The fraction of sp³-hybridized carbons (Fsp3) is 0.719. The lowest BCUT2D eigenvalue weighted by Crippen LogP contribution is -2.79. The molecule has 1 aliphatic heterocycles. The molecule has 2 bridgehead atoms. The summed E-state index contributed by atoms with van der Waals surface area (Å²) in [6.45, 7) is 17.1. The van der Waals surface area contributed by atoms with Gasteiger partial charge in [-0.3, -0.25) is 9.59 Å². The van der Waals surface area contributed by atoms with Crippen molar-refractivity contribution in [2.24, 2.45) is 28.6 Å². The Kier molecular flexibility index (Phi) is 8.39. The van der Waals surface area contributed by atoms with E-state index in [-0.39, 0.29) is 13.0 Å². The van der Waals surface area contributed by atoms with Gasteiger partial charge >= 0.3 is 5.97 Å². The molecule has 2 heterocycles. The summed E-state index contributed by atoms with van der Waals surface area (Å²) in [5.41, 5.74) is -4.47. The zero-order valence-electron chi connectivity index (χ0n) is 25.5. The number of hydrogen-bond acceptors (Lipinski definition) is 10. The monoisotopic (exact) mass is 620 g/mol. The molecule has 0 amide bonds. The minimum atomic E-state index is -1.60. The highest BCUT2D eigenvalue weighted by Crippen LogP contribution is 2.64. The number of ketones is 1. The molecule has 2 saturated carbocycles. The molecule has 2 radical (unpaired) electrons. The Hall–Kier alpha value is -1.27. The summed E-state index contributed by atoms with van der Waals surface area (Å²) in [6.07, 6.45) is -1.45. The number of aliphatic hydroxyl groups excluding tert-OH is 1. The maximum Gasteiger partial charge on any atom is 0.309 e. The lowest BCUT2D eigenvalue weighted by atomic mass is 9.43. The number of Topliss-reactive ketones (excluding diaryl/α,β-unsaturated/α-hetero) is 1. The van der Waals surface area contributed by atoms with E-state index < -0.39 is 81.9 Å². The molecule has 1 saturated heterocycles. The van der Waals surface area contributed by atoms with Crippen LogP contribution < -0.4 is 0 Å². The first-order chi connectivity index (χ1) is 19.6. The van der Waals surface area contributed by atoms with Crippen molar-refractivity contribution in [1.82, 2.24) is 0 Å². The maximum atomic E-state index is 14.6. The third kappa shape index (κ3) is 4.42. The molecule has 8 nitrogen and oxygen atoms in total. The topological polar surface area (TPSA) is 123 Å². The quantitative estimate of drug-likeness (QED) is 0.236. The first kappa shape index (κ1) is 32.1. The van der Waals surface area contributed by atoms with Gasteiger partial charge in [-0.25, -0.2) is 0 Å². The predicted molar refractivity (Wildman–Crippen MR) is 161 cm³/mol. The van der Waals surface area contributed by atoms with Crippen LogP contribution >= 0.6 is 23.1 Å². The molecule has 11 atom stereocenters. The van der Waals surface area contributed by atoms with Crippen LogP contribution in [0.25, 0.3) is 0 Å². The van der Waals surface area contributed by atoms with Crippen LogP contribution in [0.2, 0.25) is 0 Å². The zero-order chi connectivity index (χ0) is 31.0. The highest BCUT2D eigenvalue weighted by molar-refractivity contribution is 7.98. The second-order valence-corrected chi connectivity index (χ2v) is 15.3. The number of ether oxygens (including phenoxy) is 3. The van der Waals surface area contributed by atoms with E-state index in [1.807, 2.05) is 44.5 Å². The smallest absolute Gasteiger partial charge is 0.309 e. The molecule has 3 N–H and O–H groups in total. The SMILES string of the molecule is [CH][C@@H](c1cccs1)[C@@H](C)C(=O)OC1CC2(O)C(C)C3C4(O)COC4CC(OCSC)[C@@]3(C)C(=O)C(O)C(=C1C)C2(C)C. The Labute approximate surface area is 257 Å². The average Bonchev–Trinajstić information content (AvgIpc) is 3.47. The van der Waals surface area contributed by atoms with Gasteiger partial charge in [0.05, 0.1) is 41.7 Å². The van der Waals surface area contributed by atoms with E-state index in [0.717, 1.165) is 4.88 Å². The number of hydrogen-bond donors (Lipinski definition) is 3. The summed E-state index contributed by atoms with van der Waals surface area (Å²) in [5.74, 6) is -3.34. The molecule has 42 heavy (non-hydrogen) atoms. The zero-order valence-corrected chi connectivity index (χ0v) is 27.1. The van der Waals surface area contributed by atoms with Crippen LogP contribution in [0.1, 0.15) is 65.2 Å². The Bertz CT molecular complexity index is 1240. The number of rotatable bonds is 7. The molecule has 232 valence electrons. The first-order valence-corrected chi connectivity index (χ1v) is 16.9. The number of carbonyl (C=O) groups excluding carboxylic acids is 2. The Balaban J connectivity index is 1.59. The van der Waals surface area contributed by atoms with E-state index in [1.165, 1.54) is 23.1 Å². The van der Waals surface area contributed by atoms with Gasteiger partial charge in [0.25, 0.3) is 0 Å². The van der Waals surface area contributed by atoms with Gasteiger partial charge in [-0.2, -0.15) is 0 Å². The summed E-state index contributed by atoms with van der Waals surface area (Å²) in [5, 5.41) is 38.7. The maximum absolute atomic E-state index is 14.6. The largest absolute Gasteiger partial charge is 0.457 e. The summed E-state index contributed by atoms with van der Waals surface area (Å²) >= 11 is 2.94. The second kappa shape index (κ2) is 11.0. The van der Waals surface area contributed by atoms with Crippen molar-refractivity contribution in [3.05, 3.63) is 40.5 Å². The van der Waals surface area contributed by atoms with Gasteiger partial charge in [0.1, 0.15) is 17.8 Å². The Morgan fingerprint density at radius 1 is 1.31 bits per heavy atom. The summed E-state index contributed by atoms with van der Waals surface area (Å²) in [4.78, 5) is 28.9. The number of carbonyl (C=O) groups is 2. The third-order valence-corrected chi connectivity index (χ3v) is 12.6.